The van der Waals surface area contributed by atoms with Crippen molar-refractivity contribution >= 4 is 0 Å². The van der Waals surface area contributed by atoms with E-state index in [-0.39, 0.29) is 19.8 Å². The van der Waals surface area contributed by atoms with Gasteiger partial charge in [-0.15, -0.1) is 6.58 Å². The molecule has 5 heteroatoms. The Morgan fingerprint density at radius 2 is 2.07 bits per heavy atom. The number of aliphatic hydroxyl groups is 1. The molecule has 0 aromatic rings. The van der Waals surface area contributed by atoms with Gasteiger partial charge in [-0.3, -0.25) is 0 Å². The molecule has 0 amide bonds. The van der Waals surface area contributed by atoms with Crippen LogP contribution in [0.15, 0.2) is 30.7 Å². The first-order valence-corrected chi connectivity index (χ1v) is 4.40. The van der Waals surface area contributed by atoms with Crippen molar-refractivity contribution in [2.45, 2.75) is 13.0 Å². The molecule has 1 N–H and O–H groups in total. The Labute approximate surface area is 89.1 Å². The maximum atomic E-state index is 9.25. The van der Waals surface area contributed by atoms with Crippen LogP contribution in [0.1, 0.15) is 6.92 Å². The monoisotopic (exact) mass is 216 g/mol. The average molecular weight is 216 g/mol. The van der Waals surface area contributed by atoms with Gasteiger partial charge in [-0.2, -0.15) is 4.89 Å². The van der Waals surface area contributed by atoms with Gasteiger partial charge < -0.3 is 9.99 Å². The number of allylic oxidation sites excluding steroid dienone is 1. The van der Waals surface area contributed by atoms with Crippen molar-refractivity contribution in [1.29, 1.82) is 0 Å². The zero-order chi connectivity index (χ0) is 11.5. The molecule has 0 saturated carbocycles. The quantitative estimate of drug-likeness (QED) is 0.156. The van der Waals surface area contributed by atoms with E-state index in [1.165, 1.54) is 6.08 Å². The minimum atomic E-state index is -0.826. The molecule has 0 aliphatic heterocycles. The van der Waals surface area contributed by atoms with Crippen LogP contribution in [0.25, 0.3) is 0 Å². The highest BCUT2D eigenvalue weighted by atomic mass is 17.2. The highest BCUT2D eigenvalue weighted by molar-refractivity contribution is 4.80. The summed E-state index contributed by atoms with van der Waals surface area (Å²) in [7, 11) is 0. The molecule has 0 saturated heterocycles. The van der Waals surface area contributed by atoms with Crippen LogP contribution in [0.3, 0.4) is 0 Å². The van der Waals surface area contributed by atoms with E-state index < -0.39 is 6.10 Å². The molecule has 0 spiro atoms. The van der Waals surface area contributed by atoms with Gasteiger partial charge in [-0.1, -0.05) is 18.4 Å². The van der Waals surface area contributed by atoms with Gasteiger partial charge >= 0.3 is 0 Å². The van der Waals surface area contributed by atoms with E-state index in [9.17, 15) is 5.11 Å². The highest BCUT2D eigenvalue weighted by Gasteiger charge is 2.05. The molecule has 1 unspecified atom stereocenters. The van der Waals surface area contributed by atoms with Crippen molar-refractivity contribution in [3.8, 4) is 0 Å². The first-order chi connectivity index (χ1) is 7.20. The predicted molar refractivity (Wildman–Crippen MR) is 53.5 cm³/mol. The molecule has 0 heterocycles. The van der Waals surface area contributed by atoms with Gasteiger partial charge in [-0.25, -0.2) is 9.78 Å². The molecule has 5 nitrogen and oxygen atoms in total. The second-order valence-corrected chi connectivity index (χ2v) is 2.61. The fourth-order valence-electron chi connectivity index (χ4n) is 0.501. The Morgan fingerprint density at radius 3 is 2.67 bits per heavy atom. The summed E-state index contributed by atoms with van der Waals surface area (Å²) in [6.07, 6.45) is 0.706. The molecule has 0 aliphatic carbocycles. The van der Waals surface area contributed by atoms with E-state index in [1.807, 2.05) is 0 Å². The summed E-state index contributed by atoms with van der Waals surface area (Å²) in [5, 5.41) is 9.25. The van der Waals surface area contributed by atoms with Crippen molar-refractivity contribution in [1.82, 2.24) is 0 Å². The normalized spacial score (nSPS) is 11.6. The Kier molecular flexibility index (Phi) is 8.76. The smallest absolute Gasteiger partial charge is 0.180 e. The Morgan fingerprint density at radius 1 is 1.40 bits per heavy atom. The first kappa shape index (κ1) is 13.9. The summed E-state index contributed by atoms with van der Waals surface area (Å²) >= 11 is 0. The molecule has 0 bridgehead atoms. The fourth-order valence-corrected chi connectivity index (χ4v) is 0.501. The molecule has 0 rings (SSSR count). The van der Waals surface area contributed by atoms with Crippen molar-refractivity contribution in [3.63, 3.8) is 0 Å². The molecule has 1 atom stereocenters. The minimum Gasteiger partial charge on any atom is -0.388 e. The van der Waals surface area contributed by atoms with Crippen LogP contribution >= 0.6 is 0 Å². The topological polar surface area (TPSA) is 57.2 Å². The Bertz CT molecular complexity index is 220. The number of rotatable bonds is 9. The van der Waals surface area contributed by atoms with Crippen LogP contribution < -0.4 is 0 Å². The summed E-state index contributed by atoms with van der Waals surface area (Å²) in [6, 6.07) is 0. The van der Waals surface area contributed by atoms with Crippen LogP contribution in [-0.4, -0.2) is 31.0 Å². The van der Waals surface area contributed by atoms with Crippen LogP contribution in [0.4, 0.5) is 0 Å². The third kappa shape index (κ3) is 9.21. The molecular formula is C10H16O5. The lowest BCUT2D eigenvalue weighted by Gasteiger charge is -2.09. The number of aliphatic hydroxyl groups excluding tert-OH is 1. The maximum Gasteiger partial charge on any atom is 0.180 e. The second-order valence-electron chi connectivity index (χ2n) is 2.61. The molecule has 0 aromatic carbocycles. The van der Waals surface area contributed by atoms with E-state index in [4.69, 9.17) is 0 Å². The van der Waals surface area contributed by atoms with E-state index in [1.54, 1.807) is 6.92 Å². The lowest BCUT2D eigenvalue weighted by Crippen LogP contribution is -2.21. The van der Waals surface area contributed by atoms with Gasteiger partial charge in [0.2, 0.25) is 0 Å². The van der Waals surface area contributed by atoms with Crippen molar-refractivity contribution in [3.05, 3.63) is 30.7 Å². The number of hydrogen-bond donors (Lipinski definition) is 1. The summed E-state index contributed by atoms with van der Waals surface area (Å²) in [4.78, 5) is 18.5. The van der Waals surface area contributed by atoms with E-state index in [0.29, 0.717) is 5.76 Å². The largest absolute Gasteiger partial charge is 0.388 e. The van der Waals surface area contributed by atoms with E-state index in [2.05, 4.69) is 38.4 Å². The average Bonchev–Trinajstić information content (AvgIpc) is 2.24. The first-order valence-electron chi connectivity index (χ1n) is 4.40. The summed E-state index contributed by atoms with van der Waals surface area (Å²) in [6.45, 7) is 8.63. The van der Waals surface area contributed by atoms with Gasteiger partial charge in [0.25, 0.3) is 0 Å². The highest BCUT2D eigenvalue weighted by Crippen LogP contribution is 1.95. The van der Waals surface area contributed by atoms with Crippen molar-refractivity contribution in [2.24, 2.45) is 0 Å². The maximum absolute atomic E-state index is 9.25. The Hall–Kier alpha value is -1.10. The summed E-state index contributed by atoms with van der Waals surface area (Å²) < 4.78 is 0. The van der Waals surface area contributed by atoms with Crippen LogP contribution in [0, 0.1) is 0 Å². The molecular weight excluding hydrogens is 200 g/mol. The molecule has 0 radical (unpaired) electrons. The van der Waals surface area contributed by atoms with Crippen LogP contribution in [0.2, 0.25) is 0 Å². The van der Waals surface area contributed by atoms with Gasteiger partial charge in [-0.05, 0) is 0 Å². The zero-order valence-electron chi connectivity index (χ0n) is 8.77. The molecule has 0 aromatic heterocycles. The standard InChI is InChI=1S/C10H16O5/c1-4-6-12-13-7-10(11)8-14-15-9(3)5-2/h4,10-11H,1-2,6-8H2,3H3. The fraction of sp³-hybridized carbons (Fsp3) is 0.500. The summed E-state index contributed by atoms with van der Waals surface area (Å²) in [5.41, 5.74) is 2.47. The van der Waals surface area contributed by atoms with Gasteiger partial charge in [0, 0.05) is 6.92 Å². The van der Waals surface area contributed by atoms with Crippen LogP contribution in [-0.2, 0) is 19.6 Å². The van der Waals surface area contributed by atoms with Crippen LogP contribution in [0.5, 0.6) is 0 Å². The van der Waals surface area contributed by atoms with Gasteiger partial charge in [0.1, 0.15) is 25.9 Å². The predicted octanol–water partition coefficient (Wildman–Crippen LogP) is 1.12. The lowest BCUT2D eigenvalue weighted by molar-refractivity contribution is -0.316. The van der Waals surface area contributed by atoms with E-state index in [0.717, 1.165) is 0 Å². The molecule has 86 valence electrons. The third-order valence-electron chi connectivity index (χ3n) is 1.22. The zero-order valence-corrected chi connectivity index (χ0v) is 8.77. The molecule has 15 heavy (non-hydrogen) atoms. The van der Waals surface area contributed by atoms with Crippen molar-refractivity contribution < 1.29 is 24.7 Å². The van der Waals surface area contributed by atoms with E-state index >= 15 is 0 Å². The molecule has 0 aliphatic rings. The van der Waals surface area contributed by atoms with Gasteiger partial charge in [0.15, 0.2) is 5.76 Å². The third-order valence-corrected chi connectivity index (χ3v) is 1.22. The molecule has 0 fully saturated rings. The lowest BCUT2D eigenvalue weighted by atomic mass is 10.4. The summed E-state index contributed by atoms with van der Waals surface area (Å²) in [5.74, 6) is 0.394. The number of hydrogen-bond acceptors (Lipinski definition) is 5. The SMILES string of the molecule is C=C=C(C)OOCC(O)COOCC=C. The van der Waals surface area contributed by atoms with Crippen molar-refractivity contribution in [2.75, 3.05) is 19.8 Å². The Balaban J connectivity index is 3.36. The van der Waals surface area contributed by atoms with Gasteiger partial charge in [0.05, 0.1) is 0 Å². The second kappa shape index (κ2) is 9.45. The minimum absolute atomic E-state index is 0.00590.